The first-order valence-corrected chi connectivity index (χ1v) is 8.50. The van der Waals surface area contributed by atoms with Gasteiger partial charge >= 0.3 is 0 Å². The first kappa shape index (κ1) is 16.7. The molecule has 1 aromatic heterocycles. The van der Waals surface area contributed by atoms with Crippen LogP contribution in [0, 0.1) is 13.8 Å². The molecule has 2 aromatic rings. The summed E-state index contributed by atoms with van der Waals surface area (Å²) in [6, 6.07) is 8.15. The van der Waals surface area contributed by atoms with Crippen LogP contribution in [0.1, 0.15) is 37.4 Å². The van der Waals surface area contributed by atoms with Gasteiger partial charge in [0.25, 0.3) is 0 Å². The summed E-state index contributed by atoms with van der Waals surface area (Å²) < 4.78 is 1.03. The molecule has 0 aliphatic heterocycles. The van der Waals surface area contributed by atoms with Crippen molar-refractivity contribution in [1.29, 1.82) is 0 Å². The van der Waals surface area contributed by atoms with Crippen molar-refractivity contribution < 1.29 is 0 Å². The maximum atomic E-state index is 4.54. The Morgan fingerprint density at radius 2 is 1.91 bits per heavy atom. The van der Waals surface area contributed by atoms with Gasteiger partial charge in [0.2, 0.25) is 5.95 Å². The number of halogens is 1. The van der Waals surface area contributed by atoms with E-state index in [1.807, 2.05) is 19.1 Å². The molecule has 0 saturated carbocycles. The molecule has 0 fully saturated rings. The van der Waals surface area contributed by atoms with Crippen LogP contribution < -0.4 is 10.6 Å². The van der Waals surface area contributed by atoms with Crippen LogP contribution in [0.2, 0.25) is 0 Å². The van der Waals surface area contributed by atoms with Gasteiger partial charge in [-0.25, -0.2) is 4.98 Å². The summed E-state index contributed by atoms with van der Waals surface area (Å²) >= 11 is 3.58. The minimum atomic E-state index is 0.682. The van der Waals surface area contributed by atoms with Gasteiger partial charge in [-0.3, -0.25) is 0 Å². The monoisotopic (exact) mass is 362 g/mol. The van der Waals surface area contributed by atoms with Crippen molar-refractivity contribution in [2.45, 2.75) is 40.0 Å². The summed E-state index contributed by atoms with van der Waals surface area (Å²) in [5, 5.41) is 6.64. The first-order valence-electron chi connectivity index (χ1n) is 7.71. The summed E-state index contributed by atoms with van der Waals surface area (Å²) in [4.78, 5) is 8.97. The predicted octanol–water partition coefficient (Wildman–Crippen LogP) is 5.20. The number of unbranched alkanes of at least 4 members (excludes halogenated alkanes) is 2. The molecular formula is C17H23BrN4. The molecule has 0 amide bonds. The number of nitrogens with zero attached hydrogens (tertiary/aromatic N) is 2. The van der Waals surface area contributed by atoms with Crippen LogP contribution in [0.25, 0.3) is 0 Å². The third-order valence-corrected chi connectivity index (χ3v) is 3.96. The van der Waals surface area contributed by atoms with E-state index < -0.39 is 0 Å². The highest BCUT2D eigenvalue weighted by Gasteiger charge is 2.05. The van der Waals surface area contributed by atoms with Gasteiger partial charge in [-0.1, -0.05) is 25.8 Å². The lowest BCUT2D eigenvalue weighted by Gasteiger charge is -2.11. The van der Waals surface area contributed by atoms with E-state index in [2.05, 4.69) is 62.5 Å². The Morgan fingerprint density at radius 1 is 1.09 bits per heavy atom. The molecule has 5 heteroatoms. The smallest absolute Gasteiger partial charge is 0.224 e. The van der Waals surface area contributed by atoms with Gasteiger partial charge in [0.05, 0.1) is 5.69 Å². The second-order valence-corrected chi connectivity index (χ2v) is 6.31. The Bertz CT molecular complexity index is 628. The lowest BCUT2D eigenvalue weighted by atomic mass is 10.2. The molecule has 0 aliphatic rings. The highest BCUT2D eigenvalue weighted by molar-refractivity contribution is 9.10. The van der Waals surface area contributed by atoms with E-state index in [-0.39, 0.29) is 0 Å². The van der Waals surface area contributed by atoms with Gasteiger partial charge in [0.15, 0.2) is 0 Å². The van der Waals surface area contributed by atoms with Crippen molar-refractivity contribution in [3.8, 4) is 0 Å². The van der Waals surface area contributed by atoms with Crippen molar-refractivity contribution in [2.24, 2.45) is 0 Å². The minimum Gasteiger partial charge on any atom is -0.354 e. The minimum absolute atomic E-state index is 0.682. The van der Waals surface area contributed by atoms with Crippen molar-refractivity contribution in [3.63, 3.8) is 0 Å². The number of rotatable bonds is 7. The maximum Gasteiger partial charge on any atom is 0.224 e. The van der Waals surface area contributed by atoms with E-state index in [1.54, 1.807) is 0 Å². The Balaban J connectivity index is 2.08. The van der Waals surface area contributed by atoms with E-state index in [9.17, 15) is 0 Å². The van der Waals surface area contributed by atoms with Gasteiger partial charge in [-0.15, -0.1) is 0 Å². The van der Waals surface area contributed by atoms with Crippen LogP contribution in [-0.2, 0) is 0 Å². The molecule has 1 heterocycles. The van der Waals surface area contributed by atoms with E-state index >= 15 is 0 Å². The standard InChI is InChI=1S/C17H23BrN4/c1-4-5-6-9-19-17-20-13(3)11-16(22-17)21-15-8-7-12(2)10-14(15)18/h7-8,10-11H,4-6,9H2,1-3H3,(H2,19,20,21,22). The number of aromatic nitrogens is 2. The SMILES string of the molecule is CCCCCNc1nc(C)cc(Nc2ccc(C)cc2Br)n1. The Morgan fingerprint density at radius 3 is 2.64 bits per heavy atom. The first-order chi connectivity index (χ1) is 10.6. The molecule has 0 unspecified atom stereocenters. The maximum absolute atomic E-state index is 4.54. The van der Waals surface area contributed by atoms with E-state index in [1.165, 1.54) is 18.4 Å². The van der Waals surface area contributed by atoms with Gasteiger partial charge in [0.1, 0.15) is 5.82 Å². The molecule has 0 radical (unpaired) electrons. The lowest BCUT2D eigenvalue weighted by Crippen LogP contribution is -2.07. The second-order valence-electron chi connectivity index (χ2n) is 5.46. The van der Waals surface area contributed by atoms with Crippen LogP contribution in [-0.4, -0.2) is 16.5 Å². The largest absolute Gasteiger partial charge is 0.354 e. The fraction of sp³-hybridized carbons (Fsp3) is 0.412. The zero-order valence-electron chi connectivity index (χ0n) is 13.4. The van der Waals surface area contributed by atoms with Gasteiger partial charge < -0.3 is 10.6 Å². The number of benzene rings is 1. The van der Waals surface area contributed by atoms with E-state index in [0.717, 1.165) is 34.6 Å². The Labute approximate surface area is 140 Å². The number of hydrogen-bond acceptors (Lipinski definition) is 4. The molecule has 2 rings (SSSR count). The lowest BCUT2D eigenvalue weighted by molar-refractivity contribution is 0.740. The average molecular weight is 363 g/mol. The summed E-state index contributed by atoms with van der Waals surface area (Å²) in [5.74, 6) is 1.48. The molecule has 0 aliphatic carbocycles. The summed E-state index contributed by atoms with van der Waals surface area (Å²) in [6.07, 6.45) is 3.57. The molecule has 4 nitrogen and oxygen atoms in total. The predicted molar refractivity (Wildman–Crippen MR) is 96.9 cm³/mol. The zero-order chi connectivity index (χ0) is 15.9. The third kappa shape index (κ3) is 4.98. The topological polar surface area (TPSA) is 49.8 Å². The molecule has 0 bridgehead atoms. The summed E-state index contributed by atoms with van der Waals surface area (Å²) in [7, 11) is 0. The second kappa shape index (κ2) is 8.13. The van der Waals surface area contributed by atoms with E-state index in [4.69, 9.17) is 0 Å². The molecule has 118 valence electrons. The third-order valence-electron chi connectivity index (χ3n) is 3.30. The Hall–Kier alpha value is -1.62. The zero-order valence-corrected chi connectivity index (χ0v) is 15.0. The number of anilines is 3. The van der Waals surface area contributed by atoms with Crippen molar-refractivity contribution in [3.05, 3.63) is 40.0 Å². The molecule has 0 spiro atoms. The van der Waals surface area contributed by atoms with Crippen LogP contribution in [0.15, 0.2) is 28.7 Å². The quantitative estimate of drug-likeness (QED) is 0.664. The Kier molecular flexibility index (Phi) is 6.19. The van der Waals surface area contributed by atoms with Crippen molar-refractivity contribution in [2.75, 3.05) is 17.2 Å². The van der Waals surface area contributed by atoms with Gasteiger partial charge in [-0.05, 0) is 53.9 Å². The molecule has 2 N–H and O–H groups in total. The average Bonchev–Trinajstić information content (AvgIpc) is 2.46. The van der Waals surface area contributed by atoms with Gasteiger partial charge in [0, 0.05) is 22.8 Å². The van der Waals surface area contributed by atoms with Gasteiger partial charge in [-0.2, -0.15) is 4.98 Å². The number of nitrogens with one attached hydrogen (secondary N) is 2. The van der Waals surface area contributed by atoms with Crippen molar-refractivity contribution in [1.82, 2.24) is 9.97 Å². The molecular weight excluding hydrogens is 340 g/mol. The van der Waals surface area contributed by atoms with Crippen LogP contribution in [0.3, 0.4) is 0 Å². The fourth-order valence-corrected chi connectivity index (χ4v) is 2.74. The summed E-state index contributed by atoms with van der Waals surface area (Å²) in [6.45, 7) is 7.16. The fourth-order valence-electron chi connectivity index (χ4n) is 2.15. The molecule has 1 aromatic carbocycles. The van der Waals surface area contributed by atoms with Crippen LogP contribution in [0.5, 0.6) is 0 Å². The normalized spacial score (nSPS) is 10.5. The molecule has 22 heavy (non-hydrogen) atoms. The van der Waals surface area contributed by atoms with Crippen LogP contribution >= 0.6 is 15.9 Å². The van der Waals surface area contributed by atoms with E-state index in [0.29, 0.717) is 5.95 Å². The number of aryl methyl sites for hydroxylation is 2. The van der Waals surface area contributed by atoms with Crippen molar-refractivity contribution >= 4 is 33.4 Å². The molecule has 0 saturated heterocycles. The summed E-state index contributed by atoms with van der Waals surface area (Å²) in [5.41, 5.74) is 3.16. The van der Waals surface area contributed by atoms with Crippen LogP contribution in [0.4, 0.5) is 17.5 Å². The highest BCUT2D eigenvalue weighted by Crippen LogP contribution is 2.26. The highest BCUT2D eigenvalue weighted by atomic mass is 79.9. The number of hydrogen-bond donors (Lipinski definition) is 2. The molecule has 0 atom stereocenters.